The average molecular weight is 410 g/mol. The highest BCUT2D eigenvalue weighted by atomic mass is 32.1. The number of nitrogens with one attached hydrogen (secondary N) is 1. The molecule has 0 unspecified atom stereocenters. The van der Waals surface area contributed by atoms with Crippen molar-refractivity contribution in [3.05, 3.63) is 45.6 Å². The minimum absolute atomic E-state index is 0.895. The fraction of sp³-hybridized carbons (Fsp3) is 0.478. The Hall–Kier alpha value is -2.18. The molecular weight excluding hydrogens is 380 g/mol. The lowest BCUT2D eigenvalue weighted by Gasteiger charge is -2.33. The van der Waals surface area contributed by atoms with Gasteiger partial charge in [-0.15, -0.1) is 11.3 Å². The number of aromatic nitrogens is 2. The molecule has 2 aliphatic rings. The summed E-state index contributed by atoms with van der Waals surface area (Å²) in [6.07, 6.45) is 3.68. The summed E-state index contributed by atoms with van der Waals surface area (Å²) in [6.45, 7) is 9.52. The third kappa shape index (κ3) is 3.49. The molecule has 1 saturated heterocycles. The number of hydrogen-bond acceptors (Lipinski definition) is 5. The number of methoxy groups -OCH3 is 1. The molecule has 0 saturated carbocycles. The third-order valence-electron chi connectivity index (χ3n) is 6.30. The van der Waals surface area contributed by atoms with Crippen molar-refractivity contribution in [3.63, 3.8) is 0 Å². The van der Waals surface area contributed by atoms with Gasteiger partial charge in [-0.1, -0.05) is 11.6 Å². The van der Waals surface area contributed by atoms with Crippen LogP contribution in [0.4, 0.5) is 5.82 Å². The van der Waals surface area contributed by atoms with Crippen LogP contribution in [0.1, 0.15) is 33.8 Å². The minimum atomic E-state index is 0.895. The maximum Gasteiger partial charge on any atom is 0.141 e. The van der Waals surface area contributed by atoms with Crippen LogP contribution >= 0.6 is 11.3 Å². The molecule has 5 rings (SSSR count). The monoisotopic (exact) mass is 409 g/mol. The van der Waals surface area contributed by atoms with E-state index in [-0.39, 0.29) is 0 Å². The average Bonchev–Trinajstić information content (AvgIpc) is 3.29. The van der Waals surface area contributed by atoms with Crippen LogP contribution in [0.25, 0.3) is 10.2 Å². The number of thiophene rings is 1. The van der Waals surface area contributed by atoms with Gasteiger partial charge in [0.05, 0.1) is 38.7 Å². The van der Waals surface area contributed by atoms with Gasteiger partial charge < -0.3 is 14.5 Å². The van der Waals surface area contributed by atoms with Gasteiger partial charge in [-0.2, -0.15) is 0 Å². The topological polar surface area (TPSA) is 42.7 Å². The second-order valence-electron chi connectivity index (χ2n) is 8.36. The Morgan fingerprint density at radius 1 is 1.14 bits per heavy atom. The molecule has 0 bridgehead atoms. The van der Waals surface area contributed by atoms with Crippen molar-refractivity contribution in [2.75, 3.05) is 38.2 Å². The van der Waals surface area contributed by atoms with E-state index >= 15 is 0 Å². The van der Waals surface area contributed by atoms with Gasteiger partial charge in [0.2, 0.25) is 0 Å². The van der Waals surface area contributed by atoms with Gasteiger partial charge in [0.15, 0.2) is 0 Å². The van der Waals surface area contributed by atoms with Gasteiger partial charge in [0, 0.05) is 10.4 Å². The number of hydrogen-bond donors (Lipinski definition) is 1. The van der Waals surface area contributed by atoms with Crippen LogP contribution in [0.3, 0.4) is 0 Å². The first kappa shape index (κ1) is 18.8. The molecule has 0 radical (unpaired) electrons. The summed E-state index contributed by atoms with van der Waals surface area (Å²) in [4.78, 5) is 16.5. The second-order valence-corrected chi connectivity index (χ2v) is 9.44. The van der Waals surface area contributed by atoms with E-state index in [1.807, 2.05) is 18.3 Å². The highest BCUT2D eigenvalue weighted by Gasteiger charge is 2.28. The normalized spacial score (nSPS) is 17.1. The summed E-state index contributed by atoms with van der Waals surface area (Å²) in [7, 11) is 1.77. The SMILES string of the molecule is COc1ccc(C)cc1C[NH+]1CCN(c2nc(C)nc3sc4c(c23)CCC4)CC1. The maximum absolute atomic E-state index is 5.59. The number of benzene rings is 1. The molecule has 3 heterocycles. The van der Waals surface area contributed by atoms with Gasteiger partial charge in [-0.05, 0) is 50.8 Å². The number of quaternary nitrogens is 1. The second kappa shape index (κ2) is 7.58. The van der Waals surface area contributed by atoms with Crippen molar-refractivity contribution in [2.24, 2.45) is 0 Å². The first-order valence-electron chi connectivity index (χ1n) is 10.6. The molecule has 2 aromatic heterocycles. The Kier molecular flexibility index (Phi) is 4.92. The summed E-state index contributed by atoms with van der Waals surface area (Å²) in [6, 6.07) is 6.49. The van der Waals surface area contributed by atoms with Crippen LogP contribution in [-0.4, -0.2) is 43.3 Å². The minimum Gasteiger partial charge on any atom is -0.496 e. The van der Waals surface area contributed by atoms with E-state index in [1.165, 1.54) is 56.9 Å². The standard InChI is InChI=1S/C23H28N4OS/c1-15-7-8-19(28-3)17(13-15)14-26-9-11-27(12-10-26)22-21-18-5-4-6-20(18)29-23(21)25-16(2)24-22/h7-8,13H,4-6,9-12,14H2,1-3H3/p+1. The number of aryl methyl sites for hydroxylation is 4. The maximum atomic E-state index is 5.59. The molecule has 0 amide bonds. The van der Waals surface area contributed by atoms with Gasteiger partial charge >= 0.3 is 0 Å². The third-order valence-corrected chi connectivity index (χ3v) is 7.49. The van der Waals surface area contributed by atoms with E-state index in [2.05, 4.69) is 30.0 Å². The lowest BCUT2D eigenvalue weighted by Crippen LogP contribution is -3.13. The zero-order valence-corrected chi connectivity index (χ0v) is 18.4. The zero-order chi connectivity index (χ0) is 20.0. The van der Waals surface area contributed by atoms with Gasteiger partial charge in [0.1, 0.15) is 28.8 Å². The quantitative estimate of drug-likeness (QED) is 0.720. The molecule has 1 N–H and O–H groups in total. The number of piperazine rings is 1. The molecule has 0 atom stereocenters. The van der Waals surface area contributed by atoms with E-state index in [0.717, 1.165) is 44.3 Å². The number of fused-ring (bicyclic) bond motifs is 3. The number of rotatable bonds is 4. The molecule has 1 fully saturated rings. The molecule has 5 nitrogen and oxygen atoms in total. The van der Waals surface area contributed by atoms with E-state index in [0.29, 0.717) is 0 Å². The highest BCUT2D eigenvalue weighted by Crippen LogP contribution is 2.40. The van der Waals surface area contributed by atoms with Crippen molar-refractivity contribution in [1.82, 2.24) is 9.97 Å². The predicted molar refractivity (Wildman–Crippen MR) is 119 cm³/mol. The zero-order valence-electron chi connectivity index (χ0n) is 17.5. The van der Waals surface area contributed by atoms with E-state index in [4.69, 9.17) is 14.7 Å². The van der Waals surface area contributed by atoms with Crippen molar-refractivity contribution in [2.45, 2.75) is 39.7 Å². The Labute approximate surface area is 176 Å². The largest absolute Gasteiger partial charge is 0.496 e. The van der Waals surface area contributed by atoms with E-state index in [1.54, 1.807) is 12.0 Å². The summed E-state index contributed by atoms with van der Waals surface area (Å²) < 4.78 is 5.59. The molecule has 1 aliphatic carbocycles. The van der Waals surface area contributed by atoms with Crippen molar-refractivity contribution in [3.8, 4) is 5.75 Å². The fourth-order valence-electron chi connectivity index (χ4n) is 4.84. The Morgan fingerprint density at radius 3 is 2.76 bits per heavy atom. The Balaban J connectivity index is 1.36. The summed E-state index contributed by atoms with van der Waals surface area (Å²) >= 11 is 1.89. The lowest BCUT2D eigenvalue weighted by molar-refractivity contribution is -0.914. The van der Waals surface area contributed by atoms with E-state index < -0.39 is 0 Å². The smallest absolute Gasteiger partial charge is 0.141 e. The van der Waals surface area contributed by atoms with Crippen molar-refractivity contribution in [1.29, 1.82) is 0 Å². The number of anilines is 1. The highest BCUT2D eigenvalue weighted by molar-refractivity contribution is 7.19. The fourth-order valence-corrected chi connectivity index (χ4v) is 6.14. The van der Waals surface area contributed by atoms with Crippen LogP contribution in [0.2, 0.25) is 0 Å². The summed E-state index contributed by atoms with van der Waals surface area (Å²) in [5.74, 6) is 3.08. The van der Waals surface area contributed by atoms with Crippen LogP contribution in [0.15, 0.2) is 18.2 Å². The molecule has 6 heteroatoms. The number of nitrogens with zero attached hydrogens (tertiary/aromatic N) is 3. The molecule has 1 aliphatic heterocycles. The van der Waals surface area contributed by atoms with Crippen LogP contribution in [0, 0.1) is 13.8 Å². The van der Waals surface area contributed by atoms with Crippen LogP contribution in [0.5, 0.6) is 5.75 Å². The van der Waals surface area contributed by atoms with Crippen LogP contribution < -0.4 is 14.5 Å². The Morgan fingerprint density at radius 2 is 1.97 bits per heavy atom. The van der Waals surface area contributed by atoms with Gasteiger partial charge in [-0.3, -0.25) is 0 Å². The molecular formula is C23H29N4OS+. The number of ether oxygens (including phenoxy) is 1. The van der Waals surface area contributed by atoms with Crippen molar-refractivity contribution >= 4 is 27.4 Å². The predicted octanol–water partition coefficient (Wildman–Crippen LogP) is 2.71. The molecule has 0 spiro atoms. The van der Waals surface area contributed by atoms with Crippen LogP contribution in [-0.2, 0) is 19.4 Å². The van der Waals surface area contributed by atoms with Gasteiger partial charge in [-0.25, -0.2) is 9.97 Å². The summed E-state index contributed by atoms with van der Waals surface area (Å²) in [5, 5.41) is 1.34. The molecule has 3 aromatic rings. The molecule has 1 aromatic carbocycles. The summed E-state index contributed by atoms with van der Waals surface area (Å²) in [5.41, 5.74) is 4.13. The first-order chi connectivity index (χ1) is 14.1. The molecule has 152 valence electrons. The molecule has 29 heavy (non-hydrogen) atoms. The Bertz CT molecular complexity index is 1050. The van der Waals surface area contributed by atoms with E-state index in [9.17, 15) is 0 Å². The first-order valence-corrected chi connectivity index (χ1v) is 11.4. The van der Waals surface area contributed by atoms with Crippen molar-refractivity contribution < 1.29 is 9.64 Å². The van der Waals surface area contributed by atoms with Gasteiger partial charge in [0.25, 0.3) is 0 Å². The lowest BCUT2D eigenvalue weighted by atomic mass is 10.1.